The molecule has 0 aliphatic heterocycles. The van der Waals surface area contributed by atoms with Gasteiger partial charge in [-0.05, 0) is 14.1 Å². The SMILES string of the molecule is CN(C)CCc1nc2cc(F)c(F)cc2n1CC(=O)O. The van der Waals surface area contributed by atoms with E-state index in [0.29, 0.717) is 24.3 Å². The molecule has 0 aliphatic carbocycles. The van der Waals surface area contributed by atoms with Gasteiger partial charge in [-0.1, -0.05) is 0 Å². The highest BCUT2D eigenvalue weighted by Crippen LogP contribution is 2.20. The summed E-state index contributed by atoms with van der Waals surface area (Å²) < 4.78 is 27.9. The maximum absolute atomic E-state index is 13.3. The maximum Gasteiger partial charge on any atom is 0.323 e. The van der Waals surface area contributed by atoms with Gasteiger partial charge in [0.2, 0.25) is 0 Å². The van der Waals surface area contributed by atoms with Crippen molar-refractivity contribution in [2.24, 2.45) is 0 Å². The molecule has 0 bridgehead atoms. The molecular formula is C13H15F2N3O2. The van der Waals surface area contributed by atoms with E-state index >= 15 is 0 Å². The third-order valence-corrected chi connectivity index (χ3v) is 2.95. The van der Waals surface area contributed by atoms with Gasteiger partial charge in [-0.3, -0.25) is 4.79 Å². The molecule has 20 heavy (non-hydrogen) atoms. The lowest BCUT2D eigenvalue weighted by Gasteiger charge is -2.10. The van der Waals surface area contributed by atoms with E-state index in [9.17, 15) is 13.6 Å². The van der Waals surface area contributed by atoms with E-state index in [1.807, 2.05) is 19.0 Å². The number of halogens is 2. The molecular weight excluding hydrogens is 268 g/mol. The van der Waals surface area contributed by atoms with Gasteiger partial charge in [0.25, 0.3) is 0 Å². The van der Waals surface area contributed by atoms with Crippen LogP contribution in [-0.4, -0.2) is 46.2 Å². The summed E-state index contributed by atoms with van der Waals surface area (Å²) >= 11 is 0. The molecule has 0 spiro atoms. The molecule has 0 radical (unpaired) electrons. The topological polar surface area (TPSA) is 58.4 Å². The zero-order valence-corrected chi connectivity index (χ0v) is 11.2. The minimum absolute atomic E-state index is 0.263. The van der Waals surface area contributed by atoms with Crippen LogP contribution < -0.4 is 0 Å². The Morgan fingerprint density at radius 1 is 1.35 bits per heavy atom. The van der Waals surface area contributed by atoms with Crippen LogP contribution in [0.25, 0.3) is 11.0 Å². The summed E-state index contributed by atoms with van der Waals surface area (Å²) in [5.41, 5.74) is 0.555. The largest absolute Gasteiger partial charge is 0.480 e. The van der Waals surface area contributed by atoms with E-state index in [4.69, 9.17) is 5.11 Å². The highest BCUT2D eigenvalue weighted by Gasteiger charge is 2.16. The van der Waals surface area contributed by atoms with Crippen LogP contribution in [0.5, 0.6) is 0 Å². The molecule has 1 N–H and O–H groups in total. The van der Waals surface area contributed by atoms with E-state index in [1.165, 1.54) is 4.57 Å². The van der Waals surface area contributed by atoms with E-state index < -0.39 is 17.6 Å². The predicted octanol–water partition coefficient (Wildman–Crippen LogP) is 1.50. The number of fused-ring (bicyclic) bond motifs is 1. The first-order chi connectivity index (χ1) is 9.38. The van der Waals surface area contributed by atoms with E-state index in [-0.39, 0.29) is 12.1 Å². The van der Waals surface area contributed by atoms with Crippen molar-refractivity contribution in [3.63, 3.8) is 0 Å². The molecule has 2 rings (SSSR count). The average molecular weight is 283 g/mol. The first-order valence-electron chi connectivity index (χ1n) is 6.09. The van der Waals surface area contributed by atoms with Crippen molar-refractivity contribution in [2.45, 2.75) is 13.0 Å². The third-order valence-electron chi connectivity index (χ3n) is 2.95. The summed E-state index contributed by atoms with van der Waals surface area (Å²) in [7, 11) is 3.76. The van der Waals surface area contributed by atoms with Gasteiger partial charge in [0.1, 0.15) is 12.4 Å². The number of benzene rings is 1. The molecule has 0 aliphatic rings. The van der Waals surface area contributed by atoms with Gasteiger partial charge in [0.15, 0.2) is 11.6 Å². The fraction of sp³-hybridized carbons (Fsp3) is 0.385. The molecule has 1 heterocycles. The molecule has 1 aromatic carbocycles. The molecule has 0 atom stereocenters. The number of rotatable bonds is 5. The number of nitrogens with zero attached hydrogens (tertiary/aromatic N) is 3. The molecule has 5 nitrogen and oxygen atoms in total. The van der Waals surface area contributed by atoms with Crippen LogP contribution >= 0.6 is 0 Å². The van der Waals surface area contributed by atoms with Gasteiger partial charge in [0.05, 0.1) is 11.0 Å². The maximum atomic E-state index is 13.3. The smallest absolute Gasteiger partial charge is 0.323 e. The number of imidazole rings is 1. The van der Waals surface area contributed by atoms with Crippen LogP contribution in [0.1, 0.15) is 5.82 Å². The van der Waals surface area contributed by atoms with Crippen LogP contribution in [0.3, 0.4) is 0 Å². The Labute approximate surface area is 114 Å². The van der Waals surface area contributed by atoms with Crippen molar-refractivity contribution in [1.82, 2.24) is 14.5 Å². The summed E-state index contributed by atoms with van der Waals surface area (Å²) in [6.07, 6.45) is 0.498. The van der Waals surface area contributed by atoms with Gasteiger partial charge in [0, 0.05) is 25.1 Å². The zero-order chi connectivity index (χ0) is 14.9. The summed E-state index contributed by atoms with van der Waals surface area (Å²) in [5.74, 6) is -2.55. The normalized spacial score (nSPS) is 11.4. The first-order valence-corrected chi connectivity index (χ1v) is 6.09. The minimum Gasteiger partial charge on any atom is -0.480 e. The lowest BCUT2D eigenvalue weighted by atomic mass is 10.3. The number of carboxylic acids is 1. The van der Waals surface area contributed by atoms with Gasteiger partial charge < -0.3 is 14.6 Å². The van der Waals surface area contributed by atoms with Crippen LogP contribution in [0.15, 0.2) is 12.1 Å². The number of aliphatic carboxylic acids is 1. The number of aromatic nitrogens is 2. The Bertz CT molecular complexity index is 653. The fourth-order valence-corrected chi connectivity index (χ4v) is 2.00. The monoisotopic (exact) mass is 283 g/mol. The number of carbonyl (C=O) groups is 1. The molecule has 2 aromatic rings. The Hall–Kier alpha value is -2.02. The van der Waals surface area contributed by atoms with Gasteiger partial charge in [-0.15, -0.1) is 0 Å². The van der Waals surface area contributed by atoms with E-state index in [1.54, 1.807) is 0 Å². The highest BCUT2D eigenvalue weighted by molar-refractivity contribution is 5.78. The van der Waals surface area contributed by atoms with E-state index in [2.05, 4.69) is 4.98 Å². The summed E-state index contributed by atoms with van der Waals surface area (Å²) in [6, 6.07) is 1.97. The average Bonchev–Trinajstić information content (AvgIpc) is 2.65. The molecule has 7 heteroatoms. The molecule has 0 saturated heterocycles. The van der Waals surface area contributed by atoms with Crippen LogP contribution in [-0.2, 0) is 17.8 Å². The van der Waals surface area contributed by atoms with Gasteiger partial charge >= 0.3 is 5.97 Å². The molecule has 0 fully saturated rings. The lowest BCUT2D eigenvalue weighted by molar-refractivity contribution is -0.137. The third kappa shape index (κ3) is 2.93. The Balaban J connectivity index is 2.51. The van der Waals surface area contributed by atoms with Crippen LogP contribution in [0.2, 0.25) is 0 Å². The van der Waals surface area contributed by atoms with Crippen LogP contribution in [0, 0.1) is 11.6 Å². The Morgan fingerprint density at radius 2 is 2.00 bits per heavy atom. The second kappa shape index (κ2) is 5.54. The zero-order valence-electron chi connectivity index (χ0n) is 11.2. The first kappa shape index (κ1) is 14.4. The minimum atomic E-state index is -1.06. The standard InChI is InChI=1S/C13H15F2N3O2/c1-17(2)4-3-12-16-10-5-8(14)9(15)6-11(10)18(12)7-13(19)20/h5-6H,3-4,7H2,1-2H3,(H,19,20). The Morgan fingerprint density at radius 3 is 2.60 bits per heavy atom. The molecule has 1 aromatic heterocycles. The summed E-state index contributed by atoms with van der Waals surface area (Å²) in [4.78, 5) is 17.1. The van der Waals surface area contributed by atoms with E-state index in [0.717, 1.165) is 12.1 Å². The highest BCUT2D eigenvalue weighted by atomic mass is 19.2. The Kier molecular flexibility index (Phi) is 3.99. The molecule has 108 valence electrons. The van der Waals surface area contributed by atoms with Crippen LogP contribution in [0.4, 0.5) is 8.78 Å². The van der Waals surface area contributed by atoms with Crippen molar-refractivity contribution in [3.8, 4) is 0 Å². The molecule has 0 amide bonds. The number of likely N-dealkylation sites (N-methyl/N-ethyl adjacent to an activating group) is 1. The number of hydrogen-bond donors (Lipinski definition) is 1. The summed E-state index contributed by atoms with van der Waals surface area (Å²) in [6.45, 7) is 0.332. The molecule has 0 unspecified atom stereocenters. The lowest BCUT2D eigenvalue weighted by Crippen LogP contribution is -2.19. The predicted molar refractivity (Wildman–Crippen MR) is 69.5 cm³/mol. The van der Waals surface area contributed by atoms with Crippen molar-refractivity contribution < 1.29 is 18.7 Å². The second-order valence-electron chi connectivity index (χ2n) is 4.82. The molecule has 0 saturated carbocycles. The van der Waals surface area contributed by atoms with Crippen molar-refractivity contribution in [2.75, 3.05) is 20.6 Å². The number of carboxylic acid groups (broad SMARTS) is 1. The summed E-state index contributed by atoms with van der Waals surface area (Å²) in [5, 5.41) is 8.94. The van der Waals surface area contributed by atoms with Gasteiger partial charge in [-0.25, -0.2) is 13.8 Å². The van der Waals surface area contributed by atoms with Crippen molar-refractivity contribution >= 4 is 17.0 Å². The van der Waals surface area contributed by atoms with Crippen molar-refractivity contribution in [3.05, 3.63) is 29.6 Å². The number of hydrogen-bond acceptors (Lipinski definition) is 3. The quantitative estimate of drug-likeness (QED) is 0.903. The van der Waals surface area contributed by atoms with Crippen molar-refractivity contribution in [1.29, 1.82) is 0 Å². The van der Waals surface area contributed by atoms with Gasteiger partial charge in [-0.2, -0.15) is 0 Å². The second-order valence-corrected chi connectivity index (χ2v) is 4.82. The fourth-order valence-electron chi connectivity index (χ4n) is 2.00.